The molecule has 108 valence electrons. The molecular formula is C17H29NO. The largest absolute Gasteiger partial charge is 0.492 e. The predicted molar refractivity (Wildman–Crippen MR) is 82.9 cm³/mol. The van der Waals surface area contributed by atoms with Crippen LogP contribution in [0.1, 0.15) is 44.7 Å². The molecule has 0 spiro atoms. The number of nitrogens with one attached hydrogen (secondary N) is 1. The first-order valence-electron chi connectivity index (χ1n) is 7.51. The summed E-state index contributed by atoms with van der Waals surface area (Å²) >= 11 is 0. The van der Waals surface area contributed by atoms with Crippen molar-refractivity contribution < 1.29 is 4.74 Å². The molecule has 1 N–H and O–H groups in total. The van der Waals surface area contributed by atoms with E-state index in [0.29, 0.717) is 12.0 Å². The average molecular weight is 263 g/mol. The molecule has 0 aliphatic rings. The first kappa shape index (κ1) is 16.0. The van der Waals surface area contributed by atoms with Gasteiger partial charge in [-0.3, -0.25) is 0 Å². The highest BCUT2D eigenvalue weighted by Crippen LogP contribution is 2.17. The Hall–Kier alpha value is -1.02. The summed E-state index contributed by atoms with van der Waals surface area (Å²) in [5.74, 6) is 1.63. The molecule has 0 heterocycles. The Kier molecular flexibility index (Phi) is 6.93. The van der Waals surface area contributed by atoms with E-state index in [4.69, 9.17) is 4.74 Å². The van der Waals surface area contributed by atoms with Gasteiger partial charge in [-0.25, -0.2) is 0 Å². The summed E-state index contributed by atoms with van der Waals surface area (Å²) in [6, 6.07) is 6.83. The van der Waals surface area contributed by atoms with E-state index in [-0.39, 0.29) is 0 Å². The highest BCUT2D eigenvalue weighted by Gasteiger charge is 2.15. The van der Waals surface area contributed by atoms with Crippen LogP contribution in [0, 0.1) is 19.8 Å². The predicted octanol–water partition coefficient (Wildman–Crippen LogP) is 4.10. The molecular weight excluding hydrogens is 234 g/mol. The van der Waals surface area contributed by atoms with Gasteiger partial charge >= 0.3 is 0 Å². The molecule has 0 aromatic heterocycles. The van der Waals surface area contributed by atoms with Crippen molar-refractivity contribution in [3.8, 4) is 5.75 Å². The Labute approximate surface area is 118 Å². The molecule has 0 aliphatic carbocycles. The summed E-state index contributed by atoms with van der Waals surface area (Å²) < 4.78 is 5.99. The van der Waals surface area contributed by atoms with Crippen LogP contribution in [0.4, 0.5) is 0 Å². The SMILES string of the molecule is CCCNC(COc1cc(C)cc(C)c1)C(C)CC. The Bertz CT molecular complexity index is 355. The van der Waals surface area contributed by atoms with Crippen molar-refractivity contribution in [2.75, 3.05) is 13.2 Å². The van der Waals surface area contributed by atoms with E-state index in [9.17, 15) is 0 Å². The summed E-state index contributed by atoms with van der Waals surface area (Å²) in [5, 5.41) is 3.59. The lowest BCUT2D eigenvalue weighted by atomic mass is 10.00. The number of rotatable bonds is 8. The van der Waals surface area contributed by atoms with Crippen LogP contribution < -0.4 is 10.1 Å². The minimum atomic E-state index is 0.436. The molecule has 0 aliphatic heterocycles. The summed E-state index contributed by atoms with van der Waals surface area (Å²) in [6.07, 6.45) is 2.34. The summed E-state index contributed by atoms with van der Waals surface area (Å²) in [7, 11) is 0. The molecule has 0 saturated heterocycles. The zero-order chi connectivity index (χ0) is 14.3. The molecule has 2 atom stereocenters. The van der Waals surface area contributed by atoms with Gasteiger partial charge < -0.3 is 10.1 Å². The zero-order valence-electron chi connectivity index (χ0n) is 13.1. The van der Waals surface area contributed by atoms with Crippen LogP contribution in [-0.4, -0.2) is 19.2 Å². The summed E-state index contributed by atoms with van der Waals surface area (Å²) in [5.41, 5.74) is 2.52. The third-order valence-corrected chi connectivity index (χ3v) is 3.61. The Morgan fingerprint density at radius 1 is 1.11 bits per heavy atom. The van der Waals surface area contributed by atoms with Crippen LogP contribution in [0.3, 0.4) is 0 Å². The molecule has 0 saturated carbocycles. The van der Waals surface area contributed by atoms with E-state index < -0.39 is 0 Å². The number of hydrogen-bond acceptors (Lipinski definition) is 2. The minimum absolute atomic E-state index is 0.436. The van der Waals surface area contributed by atoms with Gasteiger partial charge in [0, 0.05) is 6.04 Å². The molecule has 2 heteroatoms. The summed E-state index contributed by atoms with van der Waals surface area (Å²) in [6.45, 7) is 12.8. The lowest BCUT2D eigenvalue weighted by Crippen LogP contribution is -2.40. The van der Waals surface area contributed by atoms with Gasteiger partial charge in [-0.1, -0.05) is 33.3 Å². The van der Waals surface area contributed by atoms with E-state index in [1.165, 1.54) is 17.5 Å². The number of aryl methyl sites for hydroxylation is 2. The molecule has 0 amide bonds. The third kappa shape index (κ3) is 5.65. The highest BCUT2D eigenvalue weighted by molar-refractivity contribution is 5.33. The van der Waals surface area contributed by atoms with Gasteiger partial charge in [-0.15, -0.1) is 0 Å². The molecule has 2 unspecified atom stereocenters. The van der Waals surface area contributed by atoms with Gasteiger partial charge in [0.2, 0.25) is 0 Å². The molecule has 0 bridgehead atoms. The standard InChI is InChI=1S/C17H29NO/c1-6-8-18-17(15(5)7-2)12-19-16-10-13(3)9-14(4)11-16/h9-11,15,17-18H,6-8,12H2,1-5H3. The van der Waals surface area contributed by atoms with Gasteiger partial charge in [-0.2, -0.15) is 0 Å². The Morgan fingerprint density at radius 3 is 2.26 bits per heavy atom. The third-order valence-electron chi connectivity index (χ3n) is 3.61. The second kappa shape index (κ2) is 8.21. The molecule has 2 nitrogen and oxygen atoms in total. The number of ether oxygens (including phenoxy) is 1. The van der Waals surface area contributed by atoms with Crippen molar-refractivity contribution in [1.82, 2.24) is 5.32 Å². The molecule has 0 radical (unpaired) electrons. The quantitative estimate of drug-likeness (QED) is 0.762. The van der Waals surface area contributed by atoms with Crippen molar-refractivity contribution in [1.29, 1.82) is 0 Å². The zero-order valence-corrected chi connectivity index (χ0v) is 13.1. The highest BCUT2D eigenvalue weighted by atomic mass is 16.5. The van der Waals surface area contributed by atoms with Crippen LogP contribution in [0.2, 0.25) is 0 Å². The van der Waals surface area contributed by atoms with Crippen LogP contribution >= 0.6 is 0 Å². The summed E-state index contributed by atoms with van der Waals surface area (Å²) in [4.78, 5) is 0. The first-order chi connectivity index (χ1) is 9.06. The van der Waals surface area contributed by atoms with Crippen LogP contribution in [0.15, 0.2) is 18.2 Å². The number of hydrogen-bond donors (Lipinski definition) is 1. The first-order valence-corrected chi connectivity index (χ1v) is 7.51. The van der Waals surface area contributed by atoms with Crippen molar-refractivity contribution >= 4 is 0 Å². The van der Waals surface area contributed by atoms with Crippen molar-refractivity contribution in [2.45, 2.75) is 53.5 Å². The molecule has 1 rings (SSSR count). The second-order valence-corrected chi connectivity index (χ2v) is 5.58. The van der Waals surface area contributed by atoms with Crippen LogP contribution in [0.25, 0.3) is 0 Å². The topological polar surface area (TPSA) is 21.3 Å². The minimum Gasteiger partial charge on any atom is -0.492 e. The molecule has 19 heavy (non-hydrogen) atoms. The fraction of sp³-hybridized carbons (Fsp3) is 0.647. The van der Waals surface area contributed by atoms with E-state index in [1.807, 2.05) is 0 Å². The fourth-order valence-electron chi connectivity index (χ4n) is 2.24. The smallest absolute Gasteiger partial charge is 0.119 e. The average Bonchev–Trinajstić information content (AvgIpc) is 2.37. The fourth-order valence-corrected chi connectivity index (χ4v) is 2.24. The maximum atomic E-state index is 5.99. The van der Waals surface area contributed by atoms with E-state index >= 15 is 0 Å². The van der Waals surface area contributed by atoms with Crippen LogP contribution in [-0.2, 0) is 0 Å². The van der Waals surface area contributed by atoms with Crippen LogP contribution in [0.5, 0.6) is 5.75 Å². The van der Waals surface area contributed by atoms with Crippen molar-refractivity contribution in [3.63, 3.8) is 0 Å². The number of benzene rings is 1. The van der Waals surface area contributed by atoms with Gasteiger partial charge in [0.1, 0.15) is 12.4 Å². The van der Waals surface area contributed by atoms with Gasteiger partial charge in [0.15, 0.2) is 0 Å². The van der Waals surface area contributed by atoms with E-state index in [2.05, 4.69) is 58.1 Å². The van der Waals surface area contributed by atoms with E-state index in [0.717, 1.165) is 25.3 Å². The second-order valence-electron chi connectivity index (χ2n) is 5.58. The lowest BCUT2D eigenvalue weighted by Gasteiger charge is -2.24. The lowest BCUT2D eigenvalue weighted by molar-refractivity contribution is 0.220. The van der Waals surface area contributed by atoms with Gasteiger partial charge in [0.05, 0.1) is 0 Å². The Balaban J connectivity index is 2.59. The van der Waals surface area contributed by atoms with Crippen molar-refractivity contribution in [2.24, 2.45) is 5.92 Å². The maximum Gasteiger partial charge on any atom is 0.119 e. The van der Waals surface area contributed by atoms with E-state index in [1.54, 1.807) is 0 Å². The Morgan fingerprint density at radius 2 is 1.74 bits per heavy atom. The molecule has 0 fully saturated rings. The normalized spacial score (nSPS) is 14.2. The van der Waals surface area contributed by atoms with Gasteiger partial charge in [0.25, 0.3) is 0 Å². The molecule has 1 aromatic carbocycles. The molecule has 1 aromatic rings. The monoisotopic (exact) mass is 263 g/mol. The van der Waals surface area contributed by atoms with Gasteiger partial charge in [-0.05, 0) is 56.0 Å². The van der Waals surface area contributed by atoms with Crippen molar-refractivity contribution in [3.05, 3.63) is 29.3 Å². The maximum absolute atomic E-state index is 5.99.